The molecule has 5 nitrogen and oxygen atoms in total. The first-order chi connectivity index (χ1) is 9.78. The minimum atomic E-state index is -0.0324. The van der Waals surface area contributed by atoms with Gasteiger partial charge in [0.2, 0.25) is 0 Å². The van der Waals surface area contributed by atoms with E-state index in [1.54, 1.807) is 0 Å². The van der Waals surface area contributed by atoms with Crippen LogP contribution in [0.4, 0.5) is 0 Å². The fraction of sp³-hybridized carbons (Fsp3) is 0.571. The standard InChI is InChI=1S/C14H20N4OS/c1-2-18(10-3-4-10)7-6-15-9-12-16-11-5-8-20-13(11)14(19)17-12/h5,8,10,15H,2-4,6-7,9H2,1H3,(H,16,17,19). The molecule has 1 aliphatic carbocycles. The van der Waals surface area contributed by atoms with E-state index in [2.05, 4.69) is 27.1 Å². The lowest BCUT2D eigenvalue weighted by Gasteiger charge is -2.19. The number of likely N-dealkylation sites (N-methyl/N-ethyl adjacent to an activating group) is 1. The molecule has 0 saturated heterocycles. The Morgan fingerprint density at radius 2 is 2.40 bits per heavy atom. The van der Waals surface area contributed by atoms with Gasteiger partial charge in [-0.3, -0.25) is 9.69 Å². The number of rotatable bonds is 7. The lowest BCUT2D eigenvalue weighted by Crippen LogP contribution is -2.33. The van der Waals surface area contributed by atoms with Crippen LogP contribution in [0.2, 0.25) is 0 Å². The molecule has 1 saturated carbocycles. The van der Waals surface area contributed by atoms with Gasteiger partial charge < -0.3 is 10.3 Å². The predicted octanol–water partition coefficient (Wildman–Crippen LogP) is 1.56. The van der Waals surface area contributed by atoms with Crippen LogP contribution in [-0.4, -0.2) is 40.5 Å². The lowest BCUT2D eigenvalue weighted by molar-refractivity contribution is 0.276. The summed E-state index contributed by atoms with van der Waals surface area (Å²) in [6.45, 7) is 5.93. The summed E-state index contributed by atoms with van der Waals surface area (Å²) in [7, 11) is 0. The maximum atomic E-state index is 11.8. The fourth-order valence-corrected chi connectivity index (χ4v) is 3.20. The second-order valence-corrected chi connectivity index (χ2v) is 6.10. The van der Waals surface area contributed by atoms with Crippen molar-refractivity contribution < 1.29 is 0 Å². The number of thiophene rings is 1. The number of hydrogen-bond donors (Lipinski definition) is 2. The van der Waals surface area contributed by atoms with Gasteiger partial charge in [-0.15, -0.1) is 11.3 Å². The number of aromatic amines is 1. The zero-order valence-corrected chi connectivity index (χ0v) is 12.5. The van der Waals surface area contributed by atoms with Crippen molar-refractivity contribution in [3.63, 3.8) is 0 Å². The van der Waals surface area contributed by atoms with E-state index in [0.717, 1.165) is 37.0 Å². The number of fused-ring (bicyclic) bond motifs is 1. The third-order valence-corrected chi connectivity index (χ3v) is 4.60. The van der Waals surface area contributed by atoms with Gasteiger partial charge in [-0.05, 0) is 30.8 Å². The Hall–Kier alpha value is -1.24. The molecule has 20 heavy (non-hydrogen) atoms. The molecule has 0 unspecified atom stereocenters. The summed E-state index contributed by atoms with van der Waals surface area (Å²) in [6, 6.07) is 2.70. The largest absolute Gasteiger partial charge is 0.309 e. The summed E-state index contributed by atoms with van der Waals surface area (Å²) in [4.78, 5) is 21.6. The van der Waals surface area contributed by atoms with Gasteiger partial charge in [0.15, 0.2) is 0 Å². The Morgan fingerprint density at radius 3 is 3.15 bits per heavy atom. The molecule has 1 aliphatic rings. The third kappa shape index (κ3) is 3.08. The second kappa shape index (κ2) is 6.03. The Balaban J connectivity index is 1.53. The summed E-state index contributed by atoms with van der Waals surface area (Å²) < 4.78 is 0.708. The molecule has 1 fully saturated rings. The maximum Gasteiger partial charge on any atom is 0.268 e. The van der Waals surface area contributed by atoms with Crippen molar-refractivity contribution in [2.75, 3.05) is 19.6 Å². The van der Waals surface area contributed by atoms with Crippen LogP contribution in [0.3, 0.4) is 0 Å². The summed E-state index contributed by atoms with van der Waals surface area (Å²) in [5, 5.41) is 5.26. The molecule has 2 heterocycles. The highest BCUT2D eigenvalue weighted by molar-refractivity contribution is 7.17. The van der Waals surface area contributed by atoms with Crippen molar-refractivity contribution in [3.8, 4) is 0 Å². The fourth-order valence-electron chi connectivity index (χ4n) is 2.47. The quantitative estimate of drug-likeness (QED) is 0.760. The van der Waals surface area contributed by atoms with Crippen LogP contribution >= 0.6 is 11.3 Å². The molecule has 0 spiro atoms. The molecule has 0 radical (unpaired) electrons. The van der Waals surface area contributed by atoms with E-state index >= 15 is 0 Å². The molecule has 2 aromatic rings. The highest BCUT2D eigenvalue weighted by Crippen LogP contribution is 2.25. The zero-order chi connectivity index (χ0) is 13.9. The zero-order valence-electron chi connectivity index (χ0n) is 11.7. The first-order valence-corrected chi connectivity index (χ1v) is 8.07. The highest BCUT2D eigenvalue weighted by Gasteiger charge is 2.26. The molecule has 0 aromatic carbocycles. The van der Waals surface area contributed by atoms with Gasteiger partial charge in [-0.25, -0.2) is 4.98 Å². The first-order valence-electron chi connectivity index (χ1n) is 7.19. The Labute approximate surface area is 122 Å². The average molecular weight is 292 g/mol. The summed E-state index contributed by atoms with van der Waals surface area (Å²) in [5.41, 5.74) is 0.763. The van der Waals surface area contributed by atoms with E-state index in [-0.39, 0.29) is 5.56 Å². The number of hydrogen-bond acceptors (Lipinski definition) is 5. The molecular weight excluding hydrogens is 272 g/mol. The normalized spacial score (nSPS) is 15.3. The van der Waals surface area contributed by atoms with E-state index in [1.165, 1.54) is 24.2 Å². The van der Waals surface area contributed by atoms with Crippen molar-refractivity contribution in [2.24, 2.45) is 0 Å². The highest BCUT2D eigenvalue weighted by atomic mass is 32.1. The predicted molar refractivity (Wildman–Crippen MR) is 82.2 cm³/mol. The molecule has 6 heteroatoms. The van der Waals surface area contributed by atoms with Crippen LogP contribution in [0, 0.1) is 0 Å². The van der Waals surface area contributed by atoms with E-state index in [9.17, 15) is 4.79 Å². The smallest absolute Gasteiger partial charge is 0.268 e. The van der Waals surface area contributed by atoms with Crippen molar-refractivity contribution in [2.45, 2.75) is 32.4 Å². The number of nitrogens with zero attached hydrogens (tertiary/aromatic N) is 2. The topological polar surface area (TPSA) is 61.0 Å². The van der Waals surface area contributed by atoms with Crippen LogP contribution in [0.1, 0.15) is 25.6 Å². The van der Waals surface area contributed by atoms with Gasteiger partial charge in [0.25, 0.3) is 5.56 Å². The van der Waals surface area contributed by atoms with Crippen molar-refractivity contribution in [3.05, 3.63) is 27.6 Å². The van der Waals surface area contributed by atoms with E-state index in [4.69, 9.17) is 0 Å². The Kier molecular flexibility index (Phi) is 4.14. The Morgan fingerprint density at radius 1 is 1.55 bits per heavy atom. The van der Waals surface area contributed by atoms with Gasteiger partial charge in [0, 0.05) is 19.1 Å². The molecular formula is C14H20N4OS. The molecule has 0 amide bonds. The average Bonchev–Trinajstić information content (AvgIpc) is 3.16. The van der Waals surface area contributed by atoms with Crippen molar-refractivity contribution in [1.82, 2.24) is 20.2 Å². The van der Waals surface area contributed by atoms with E-state index < -0.39 is 0 Å². The number of aromatic nitrogens is 2. The van der Waals surface area contributed by atoms with Crippen LogP contribution in [0.15, 0.2) is 16.2 Å². The molecule has 3 rings (SSSR count). The lowest BCUT2D eigenvalue weighted by atomic mass is 10.4. The van der Waals surface area contributed by atoms with Gasteiger partial charge in [-0.1, -0.05) is 6.92 Å². The number of H-pyrrole nitrogens is 1. The first kappa shape index (κ1) is 13.7. The summed E-state index contributed by atoms with van der Waals surface area (Å²) >= 11 is 1.43. The Bertz CT molecular complexity index is 631. The van der Waals surface area contributed by atoms with Gasteiger partial charge in [-0.2, -0.15) is 0 Å². The van der Waals surface area contributed by atoms with Crippen LogP contribution in [0.5, 0.6) is 0 Å². The van der Waals surface area contributed by atoms with Crippen LogP contribution in [-0.2, 0) is 6.54 Å². The van der Waals surface area contributed by atoms with Gasteiger partial charge in [0.05, 0.1) is 12.1 Å². The van der Waals surface area contributed by atoms with E-state index in [0.29, 0.717) is 11.2 Å². The monoisotopic (exact) mass is 292 g/mol. The third-order valence-electron chi connectivity index (χ3n) is 3.70. The summed E-state index contributed by atoms with van der Waals surface area (Å²) in [5.74, 6) is 0.718. The molecule has 2 aromatic heterocycles. The van der Waals surface area contributed by atoms with Crippen LogP contribution < -0.4 is 10.9 Å². The van der Waals surface area contributed by atoms with Crippen molar-refractivity contribution >= 4 is 21.6 Å². The minimum Gasteiger partial charge on any atom is -0.309 e. The SMILES string of the molecule is CCN(CCNCc1nc2ccsc2c(=O)[nH]1)C1CC1. The second-order valence-electron chi connectivity index (χ2n) is 5.18. The number of nitrogens with one attached hydrogen (secondary N) is 2. The van der Waals surface area contributed by atoms with Gasteiger partial charge in [0.1, 0.15) is 10.5 Å². The minimum absolute atomic E-state index is 0.0324. The summed E-state index contributed by atoms with van der Waals surface area (Å²) in [6.07, 6.45) is 2.69. The molecule has 108 valence electrons. The molecule has 0 aliphatic heterocycles. The van der Waals surface area contributed by atoms with Gasteiger partial charge >= 0.3 is 0 Å². The molecule has 2 N–H and O–H groups in total. The van der Waals surface area contributed by atoms with Crippen LogP contribution in [0.25, 0.3) is 10.2 Å². The molecule has 0 atom stereocenters. The van der Waals surface area contributed by atoms with Crippen molar-refractivity contribution in [1.29, 1.82) is 0 Å². The molecule has 0 bridgehead atoms. The maximum absolute atomic E-state index is 11.8. The van der Waals surface area contributed by atoms with E-state index in [1.807, 2.05) is 11.4 Å².